The number of aromatic nitrogens is 1. The number of phenols is 2. The van der Waals surface area contributed by atoms with Crippen molar-refractivity contribution in [3.8, 4) is 28.5 Å². The number of benzene rings is 2. The summed E-state index contributed by atoms with van der Waals surface area (Å²) in [5.74, 6) is 0.810. The van der Waals surface area contributed by atoms with Crippen molar-refractivity contribution >= 4 is 17.0 Å². The smallest absolute Gasteiger partial charge is 0.206 e. The van der Waals surface area contributed by atoms with Crippen LogP contribution in [-0.2, 0) is 0 Å². The van der Waals surface area contributed by atoms with Crippen molar-refractivity contribution in [2.24, 2.45) is 10.1 Å². The normalized spacial score (nSPS) is 15.9. The Labute approximate surface area is 185 Å². The van der Waals surface area contributed by atoms with Crippen molar-refractivity contribution in [1.82, 2.24) is 4.68 Å². The van der Waals surface area contributed by atoms with E-state index >= 15 is 0 Å². The Bertz CT molecular complexity index is 1140. The molecule has 1 fully saturated rings. The van der Waals surface area contributed by atoms with Crippen LogP contribution in [0.1, 0.15) is 44.6 Å². The van der Waals surface area contributed by atoms with Gasteiger partial charge in [-0.3, -0.25) is 4.99 Å². The largest absolute Gasteiger partial charge is 0.508 e. The lowest BCUT2D eigenvalue weighted by molar-refractivity contribution is 0.415. The number of phenolic OH excluding ortho intramolecular Hbond substituents is 2. The van der Waals surface area contributed by atoms with E-state index in [1.54, 1.807) is 30.6 Å². The minimum atomic E-state index is -0.00570. The molecule has 0 unspecified atom stereocenters. The molecule has 1 aliphatic rings. The summed E-state index contributed by atoms with van der Waals surface area (Å²) in [4.78, 5) is 5.87. The summed E-state index contributed by atoms with van der Waals surface area (Å²) < 4.78 is 7.15. The van der Waals surface area contributed by atoms with Crippen LogP contribution in [0.5, 0.6) is 17.2 Å². The van der Waals surface area contributed by atoms with E-state index in [0.717, 1.165) is 34.6 Å². The second-order valence-electron chi connectivity index (χ2n) is 7.75. The first-order valence-electron chi connectivity index (χ1n) is 10.5. The van der Waals surface area contributed by atoms with Crippen LogP contribution >= 0.6 is 11.3 Å². The third kappa shape index (κ3) is 4.82. The number of nitrogens with zero attached hydrogens (tertiary/aromatic N) is 3. The van der Waals surface area contributed by atoms with Crippen LogP contribution in [0.3, 0.4) is 0 Å². The van der Waals surface area contributed by atoms with Gasteiger partial charge in [0.05, 0.1) is 24.6 Å². The molecule has 2 aromatic carbocycles. The molecule has 0 spiro atoms. The highest BCUT2D eigenvalue weighted by Gasteiger charge is 2.15. The third-order valence-corrected chi connectivity index (χ3v) is 6.39. The lowest BCUT2D eigenvalue weighted by atomic mass is 9.96. The molecular weight excluding hydrogens is 410 g/mol. The zero-order valence-corrected chi connectivity index (χ0v) is 18.6. The first kappa shape index (κ1) is 21.2. The summed E-state index contributed by atoms with van der Waals surface area (Å²) in [6.07, 6.45) is 5.93. The van der Waals surface area contributed by atoms with Crippen LogP contribution in [0, 0.1) is 0 Å². The monoisotopic (exact) mass is 437 g/mol. The van der Waals surface area contributed by atoms with Crippen molar-refractivity contribution in [3.63, 3.8) is 0 Å². The van der Waals surface area contributed by atoms with Crippen LogP contribution in [0.25, 0.3) is 11.3 Å². The predicted molar refractivity (Wildman–Crippen MR) is 124 cm³/mol. The molecule has 1 saturated carbocycles. The fourth-order valence-electron chi connectivity index (χ4n) is 3.84. The van der Waals surface area contributed by atoms with E-state index < -0.39 is 0 Å². The molecule has 31 heavy (non-hydrogen) atoms. The number of hydrogen-bond acceptors (Lipinski definition) is 6. The summed E-state index contributed by atoms with van der Waals surface area (Å²) >= 11 is 1.57. The van der Waals surface area contributed by atoms with Crippen molar-refractivity contribution < 1.29 is 14.9 Å². The second-order valence-corrected chi connectivity index (χ2v) is 8.59. The number of hydrogen-bond donors (Lipinski definition) is 2. The lowest BCUT2D eigenvalue weighted by Gasteiger charge is -2.17. The molecule has 0 bridgehead atoms. The molecule has 2 N–H and O–H groups in total. The highest BCUT2D eigenvalue weighted by atomic mass is 32.1. The Hall–Kier alpha value is -3.06. The van der Waals surface area contributed by atoms with Crippen LogP contribution in [-0.4, -0.2) is 33.8 Å². The Kier molecular flexibility index (Phi) is 6.42. The molecule has 1 heterocycles. The summed E-state index contributed by atoms with van der Waals surface area (Å²) in [7, 11) is 1.65. The molecule has 0 aliphatic heterocycles. The number of thiazole rings is 1. The van der Waals surface area contributed by atoms with Crippen LogP contribution in [0.4, 0.5) is 0 Å². The summed E-state index contributed by atoms with van der Waals surface area (Å²) in [5, 5.41) is 26.8. The molecule has 7 heteroatoms. The quantitative estimate of drug-likeness (QED) is 0.542. The van der Waals surface area contributed by atoms with Gasteiger partial charge in [0.2, 0.25) is 4.80 Å². The third-order valence-electron chi connectivity index (χ3n) is 5.56. The maximum Gasteiger partial charge on any atom is 0.206 e. The predicted octanol–water partition coefficient (Wildman–Crippen LogP) is 5.14. The number of ether oxygens (including phenoxy) is 1. The highest BCUT2D eigenvalue weighted by Crippen LogP contribution is 2.26. The summed E-state index contributed by atoms with van der Waals surface area (Å²) in [5.41, 5.74) is 3.14. The molecule has 1 aliphatic carbocycles. The summed E-state index contributed by atoms with van der Waals surface area (Å²) in [6, 6.07) is 12.7. The van der Waals surface area contributed by atoms with Crippen molar-refractivity contribution in [2.75, 3.05) is 7.11 Å². The van der Waals surface area contributed by atoms with E-state index in [9.17, 15) is 10.2 Å². The molecule has 4 rings (SSSR count). The molecule has 0 amide bonds. The minimum absolute atomic E-state index is 0.00570. The van der Waals surface area contributed by atoms with E-state index in [1.807, 2.05) is 35.9 Å². The maximum absolute atomic E-state index is 10.3. The molecule has 1 aromatic heterocycles. The molecule has 0 radical (unpaired) electrons. The van der Waals surface area contributed by atoms with Crippen LogP contribution < -0.4 is 9.54 Å². The van der Waals surface area contributed by atoms with E-state index in [1.165, 1.54) is 25.3 Å². The molecule has 3 aromatic rings. The fraction of sp³-hybridized carbons (Fsp3) is 0.333. The van der Waals surface area contributed by atoms with Gasteiger partial charge in [0.1, 0.15) is 17.2 Å². The van der Waals surface area contributed by atoms with Gasteiger partial charge in [-0.25, -0.2) is 4.68 Å². The van der Waals surface area contributed by atoms with Gasteiger partial charge in [-0.1, -0.05) is 19.3 Å². The van der Waals surface area contributed by atoms with E-state index in [0.29, 0.717) is 17.3 Å². The Morgan fingerprint density at radius 2 is 1.81 bits per heavy atom. The van der Waals surface area contributed by atoms with Gasteiger partial charge < -0.3 is 14.9 Å². The Morgan fingerprint density at radius 3 is 2.48 bits per heavy atom. The SMILES string of the molecule is COc1ccc(-c2csc(=NC3CCCCC3)n2N=C(C)c2ccc(O)cc2O)cc1. The summed E-state index contributed by atoms with van der Waals surface area (Å²) in [6.45, 7) is 1.85. The Morgan fingerprint density at radius 1 is 1.06 bits per heavy atom. The second kappa shape index (κ2) is 9.39. The van der Waals surface area contributed by atoms with E-state index in [2.05, 4.69) is 5.38 Å². The molecule has 0 saturated heterocycles. The van der Waals surface area contributed by atoms with Gasteiger partial charge in [-0.05, 0) is 56.2 Å². The van der Waals surface area contributed by atoms with Gasteiger partial charge in [0, 0.05) is 22.6 Å². The first-order valence-corrected chi connectivity index (χ1v) is 11.4. The topological polar surface area (TPSA) is 79.3 Å². The maximum atomic E-state index is 10.3. The number of aromatic hydroxyl groups is 2. The van der Waals surface area contributed by atoms with Crippen LogP contribution in [0.2, 0.25) is 0 Å². The van der Waals surface area contributed by atoms with Gasteiger partial charge in [0.25, 0.3) is 0 Å². The number of rotatable bonds is 5. The fourth-order valence-corrected chi connectivity index (χ4v) is 4.74. The molecule has 162 valence electrons. The van der Waals surface area contributed by atoms with Gasteiger partial charge in [-0.2, -0.15) is 5.10 Å². The first-order chi connectivity index (χ1) is 15.0. The van der Waals surface area contributed by atoms with Crippen molar-refractivity contribution in [1.29, 1.82) is 0 Å². The zero-order valence-electron chi connectivity index (χ0n) is 17.8. The molecular formula is C24H27N3O3S. The van der Waals surface area contributed by atoms with Gasteiger partial charge >= 0.3 is 0 Å². The zero-order chi connectivity index (χ0) is 21.8. The average molecular weight is 438 g/mol. The average Bonchev–Trinajstić information content (AvgIpc) is 3.16. The Balaban J connectivity index is 1.82. The molecule has 6 nitrogen and oxygen atoms in total. The van der Waals surface area contributed by atoms with Gasteiger partial charge in [-0.15, -0.1) is 11.3 Å². The number of methoxy groups -OCH3 is 1. The van der Waals surface area contributed by atoms with E-state index in [-0.39, 0.29) is 11.5 Å². The van der Waals surface area contributed by atoms with Crippen molar-refractivity contribution in [2.45, 2.75) is 45.1 Å². The van der Waals surface area contributed by atoms with Crippen molar-refractivity contribution in [3.05, 3.63) is 58.2 Å². The van der Waals surface area contributed by atoms with Crippen LogP contribution in [0.15, 0.2) is 57.9 Å². The standard InChI is InChI=1S/C24H27N3O3S/c1-16(21-13-10-19(28)14-23(21)29)26-27-22(17-8-11-20(30-2)12-9-17)15-31-24(27)25-18-6-4-3-5-7-18/h8-15,18,28-29H,3-7H2,1-2H3. The van der Waals surface area contributed by atoms with Gasteiger partial charge in [0.15, 0.2) is 0 Å². The lowest BCUT2D eigenvalue weighted by Crippen LogP contribution is -2.19. The van der Waals surface area contributed by atoms with E-state index in [4.69, 9.17) is 14.8 Å². The highest BCUT2D eigenvalue weighted by molar-refractivity contribution is 7.07. The molecule has 0 atom stereocenters. The minimum Gasteiger partial charge on any atom is -0.508 e.